The van der Waals surface area contributed by atoms with Crippen molar-refractivity contribution < 1.29 is 27.4 Å². The van der Waals surface area contributed by atoms with E-state index in [4.69, 9.17) is 4.74 Å². The molecule has 2 aromatic heterocycles. The number of H-pyrrole nitrogens is 1. The largest absolute Gasteiger partial charge is 0.573 e. The lowest BCUT2D eigenvalue weighted by molar-refractivity contribution is -0.274. The van der Waals surface area contributed by atoms with Crippen LogP contribution >= 0.6 is 0 Å². The summed E-state index contributed by atoms with van der Waals surface area (Å²) in [6, 6.07) is 5.04. The van der Waals surface area contributed by atoms with Crippen LogP contribution in [0.5, 0.6) is 5.75 Å². The Balaban J connectivity index is 1.48. The van der Waals surface area contributed by atoms with Crippen LogP contribution in [-0.4, -0.2) is 45.0 Å². The fourth-order valence-corrected chi connectivity index (χ4v) is 4.18. The fraction of sp³-hybridized carbons (Fsp3) is 0.409. The van der Waals surface area contributed by atoms with E-state index in [1.807, 2.05) is 6.92 Å². The van der Waals surface area contributed by atoms with Gasteiger partial charge in [0.05, 0.1) is 11.6 Å². The molecule has 1 saturated heterocycles. The van der Waals surface area contributed by atoms with E-state index in [0.29, 0.717) is 41.6 Å². The number of hydrogen-bond donors (Lipinski definition) is 2. The molecule has 1 atom stereocenters. The second kappa shape index (κ2) is 8.10. The SMILES string of the molecule is CC[C@H]1COC(=O)N1c1nc(C)nc(NC2(c3cc4cc(OC(F)(F)F)ccc4[nH]c3=O)CC2)n1. The van der Waals surface area contributed by atoms with Gasteiger partial charge in [0.25, 0.3) is 5.56 Å². The Hall–Kier alpha value is -3.90. The average Bonchev–Trinajstić information content (AvgIpc) is 3.44. The van der Waals surface area contributed by atoms with Gasteiger partial charge in [-0.1, -0.05) is 6.92 Å². The molecule has 2 aliphatic rings. The number of aromatic nitrogens is 4. The Kier molecular flexibility index (Phi) is 5.29. The second-order valence-corrected chi connectivity index (χ2v) is 8.53. The summed E-state index contributed by atoms with van der Waals surface area (Å²) in [5.74, 6) is 0.297. The lowest BCUT2D eigenvalue weighted by Crippen LogP contribution is -2.35. The Bertz CT molecular complexity index is 1370. The van der Waals surface area contributed by atoms with Crippen molar-refractivity contribution in [3.05, 3.63) is 46.0 Å². The van der Waals surface area contributed by atoms with Crippen LogP contribution < -0.4 is 20.5 Å². The number of pyridine rings is 1. The highest BCUT2D eigenvalue weighted by Crippen LogP contribution is 2.47. The van der Waals surface area contributed by atoms with Crippen molar-refractivity contribution in [2.24, 2.45) is 0 Å². The maximum Gasteiger partial charge on any atom is 0.573 e. The average molecular weight is 490 g/mol. The van der Waals surface area contributed by atoms with Crippen LogP contribution in [0.25, 0.3) is 10.9 Å². The van der Waals surface area contributed by atoms with Crippen molar-refractivity contribution in [3.63, 3.8) is 0 Å². The zero-order valence-electron chi connectivity index (χ0n) is 18.8. The predicted molar refractivity (Wildman–Crippen MR) is 118 cm³/mol. The molecule has 2 N–H and O–H groups in total. The maximum atomic E-state index is 12.9. The molecular weight excluding hydrogens is 469 g/mol. The molecule has 3 aromatic rings. The highest BCUT2D eigenvalue weighted by molar-refractivity contribution is 5.88. The van der Waals surface area contributed by atoms with Crippen molar-refractivity contribution in [2.75, 3.05) is 16.8 Å². The predicted octanol–water partition coefficient (Wildman–Crippen LogP) is 3.76. The molecule has 3 heterocycles. The van der Waals surface area contributed by atoms with Crippen LogP contribution in [0.4, 0.5) is 29.9 Å². The second-order valence-electron chi connectivity index (χ2n) is 8.53. The number of fused-ring (bicyclic) bond motifs is 1. The number of benzene rings is 1. The number of hydrogen-bond acceptors (Lipinski definition) is 8. The quantitative estimate of drug-likeness (QED) is 0.536. The Morgan fingerprint density at radius 1 is 1.23 bits per heavy atom. The first-order valence-electron chi connectivity index (χ1n) is 11.0. The third kappa shape index (κ3) is 4.45. The number of rotatable bonds is 6. The number of anilines is 2. The number of aryl methyl sites for hydroxylation is 1. The summed E-state index contributed by atoms with van der Waals surface area (Å²) in [4.78, 5) is 42.2. The summed E-state index contributed by atoms with van der Waals surface area (Å²) < 4.78 is 47.0. The van der Waals surface area contributed by atoms with Crippen LogP contribution in [0.2, 0.25) is 0 Å². The fourth-order valence-electron chi connectivity index (χ4n) is 4.18. The van der Waals surface area contributed by atoms with E-state index in [0.717, 1.165) is 6.07 Å². The first kappa shape index (κ1) is 22.9. The van der Waals surface area contributed by atoms with Gasteiger partial charge < -0.3 is 19.8 Å². The van der Waals surface area contributed by atoms with Gasteiger partial charge in [0.15, 0.2) is 0 Å². The molecule has 0 radical (unpaired) electrons. The molecule has 0 spiro atoms. The number of nitrogens with zero attached hydrogens (tertiary/aromatic N) is 4. The molecule has 1 aliphatic heterocycles. The summed E-state index contributed by atoms with van der Waals surface area (Å²) in [5, 5.41) is 3.57. The minimum Gasteiger partial charge on any atom is -0.447 e. The standard InChI is InChI=1S/C22H21F3N6O4/c1-3-13-10-34-20(33)31(13)19-27-11(2)26-18(29-19)30-21(6-7-21)15-9-12-8-14(35-22(23,24)25)4-5-16(12)28-17(15)32/h4-5,8-9,13H,3,6-7,10H2,1-2H3,(H,28,32)(H,26,27,29,30)/t13-/m0/s1. The van der Waals surface area contributed by atoms with Crippen molar-refractivity contribution in [3.8, 4) is 5.75 Å². The number of carbonyl (C=O) groups excluding carboxylic acids is 1. The van der Waals surface area contributed by atoms with Gasteiger partial charge in [-0.15, -0.1) is 13.2 Å². The van der Waals surface area contributed by atoms with E-state index in [9.17, 15) is 22.8 Å². The van der Waals surface area contributed by atoms with E-state index in [2.05, 4.69) is 30.0 Å². The number of amides is 1. The molecule has 1 aliphatic carbocycles. The van der Waals surface area contributed by atoms with Crippen LogP contribution in [0.3, 0.4) is 0 Å². The number of carbonyl (C=O) groups is 1. The molecule has 35 heavy (non-hydrogen) atoms. The first-order chi connectivity index (χ1) is 16.6. The van der Waals surface area contributed by atoms with Gasteiger partial charge in [-0.25, -0.2) is 9.69 Å². The summed E-state index contributed by atoms with van der Waals surface area (Å²) in [5.41, 5.74) is -0.489. The lowest BCUT2D eigenvalue weighted by atomic mass is 10.0. The maximum absolute atomic E-state index is 12.9. The topological polar surface area (TPSA) is 122 Å². The number of ether oxygens (including phenoxy) is 2. The Morgan fingerprint density at radius 2 is 2.00 bits per heavy atom. The third-order valence-electron chi connectivity index (χ3n) is 6.05. The molecule has 10 nitrogen and oxygen atoms in total. The van der Waals surface area contributed by atoms with Crippen molar-refractivity contribution in [1.29, 1.82) is 0 Å². The van der Waals surface area contributed by atoms with Gasteiger partial charge in [-0.2, -0.15) is 15.0 Å². The number of aromatic amines is 1. The molecule has 1 saturated carbocycles. The summed E-state index contributed by atoms with van der Waals surface area (Å²) >= 11 is 0. The van der Waals surface area contributed by atoms with Crippen LogP contribution in [0.1, 0.15) is 37.6 Å². The number of nitrogens with one attached hydrogen (secondary N) is 2. The molecule has 5 rings (SSSR count). The normalized spacial score (nSPS) is 19.1. The van der Waals surface area contributed by atoms with Crippen molar-refractivity contribution >= 4 is 28.9 Å². The number of cyclic esters (lactones) is 1. The minimum atomic E-state index is -4.83. The van der Waals surface area contributed by atoms with Gasteiger partial charge in [0, 0.05) is 16.5 Å². The highest BCUT2D eigenvalue weighted by atomic mass is 19.4. The van der Waals surface area contributed by atoms with E-state index in [-0.39, 0.29) is 35.9 Å². The van der Waals surface area contributed by atoms with E-state index in [1.54, 1.807) is 6.92 Å². The van der Waals surface area contributed by atoms with E-state index < -0.39 is 18.0 Å². The lowest BCUT2D eigenvalue weighted by Gasteiger charge is -2.21. The monoisotopic (exact) mass is 490 g/mol. The molecule has 1 amide bonds. The Labute approximate surface area is 196 Å². The zero-order valence-corrected chi connectivity index (χ0v) is 18.8. The van der Waals surface area contributed by atoms with Crippen LogP contribution in [0.15, 0.2) is 29.1 Å². The van der Waals surface area contributed by atoms with E-state index >= 15 is 0 Å². The highest BCUT2D eigenvalue weighted by Gasteiger charge is 2.47. The molecule has 1 aromatic carbocycles. The van der Waals surface area contributed by atoms with Gasteiger partial charge in [0.2, 0.25) is 11.9 Å². The first-order valence-corrected chi connectivity index (χ1v) is 11.0. The molecule has 2 fully saturated rings. The minimum absolute atomic E-state index is 0.145. The smallest absolute Gasteiger partial charge is 0.447 e. The van der Waals surface area contributed by atoms with Gasteiger partial charge in [-0.3, -0.25) is 4.79 Å². The summed E-state index contributed by atoms with van der Waals surface area (Å²) in [6.45, 7) is 3.81. The molecule has 13 heteroatoms. The molecule has 184 valence electrons. The van der Waals surface area contributed by atoms with Crippen molar-refractivity contribution in [1.82, 2.24) is 19.9 Å². The van der Waals surface area contributed by atoms with Crippen molar-refractivity contribution in [2.45, 2.75) is 51.1 Å². The van der Waals surface area contributed by atoms with Crippen LogP contribution in [0, 0.1) is 6.92 Å². The molecule has 0 unspecified atom stereocenters. The van der Waals surface area contributed by atoms with Gasteiger partial charge in [-0.05, 0) is 50.5 Å². The Morgan fingerprint density at radius 3 is 2.69 bits per heavy atom. The van der Waals surface area contributed by atoms with Crippen LogP contribution in [-0.2, 0) is 10.3 Å². The molecule has 0 bridgehead atoms. The summed E-state index contributed by atoms with van der Waals surface area (Å²) in [6.07, 6.45) is -3.58. The zero-order chi connectivity index (χ0) is 25.0. The van der Waals surface area contributed by atoms with E-state index in [1.165, 1.54) is 23.1 Å². The number of alkyl halides is 3. The van der Waals surface area contributed by atoms with Gasteiger partial charge >= 0.3 is 12.5 Å². The van der Waals surface area contributed by atoms with Gasteiger partial charge in [0.1, 0.15) is 18.2 Å². The number of halogens is 3. The summed E-state index contributed by atoms with van der Waals surface area (Å²) in [7, 11) is 0. The molecular formula is C22H21F3N6O4. The third-order valence-corrected chi connectivity index (χ3v) is 6.05.